The molecule has 0 aliphatic carbocycles. The number of anilines is 1. The van der Waals surface area contributed by atoms with E-state index in [1.54, 1.807) is 13.8 Å². The number of rotatable bonds is 4. The van der Waals surface area contributed by atoms with Crippen LogP contribution in [0.15, 0.2) is 29.2 Å². The highest BCUT2D eigenvalue weighted by Crippen LogP contribution is 2.19. The quantitative estimate of drug-likeness (QED) is 0.789. The number of hydrogen-bond acceptors (Lipinski definition) is 4. The zero-order valence-corrected chi connectivity index (χ0v) is 12.7. The van der Waals surface area contributed by atoms with Crippen molar-refractivity contribution in [3.63, 3.8) is 0 Å². The Labute approximate surface area is 122 Å². The van der Waals surface area contributed by atoms with Gasteiger partial charge in [0, 0.05) is 23.9 Å². The molecule has 0 fully saturated rings. The van der Waals surface area contributed by atoms with Gasteiger partial charge in [-0.1, -0.05) is 0 Å². The lowest BCUT2D eigenvalue weighted by Crippen LogP contribution is -2.18. The van der Waals surface area contributed by atoms with Crippen molar-refractivity contribution < 1.29 is 13.2 Å². The van der Waals surface area contributed by atoms with Crippen molar-refractivity contribution in [2.75, 3.05) is 11.8 Å². The summed E-state index contributed by atoms with van der Waals surface area (Å²) in [6, 6.07) is 5.66. The maximum Gasteiger partial charge on any atom is 0.263 e. The lowest BCUT2D eigenvalue weighted by atomic mass is 10.2. The molecule has 0 spiro atoms. The summed E-state index contributed by atoms with van der Waals surface area (Å²) in [6.07, 6.45) is 0. The Morgan fingerprint density at radius 1 is 1.19 bits per heavy atom. The molecule has 2 rings (SSSR count). The van der Waals surface area contributed by atoms with E-state index in [1.165, 1.54) is 31.3 Å². The van der Waals surface area contributed by atoms with E-state index in [0.29, 0.717) is 5.56 Å². The van der Waals surface area contributed by atoms with E-state index in [0.717, 1.165) is 11.3 Å². The highest BCUT2D eigenvalue weighted by molar-refractivity contribution is 7.92. The zero-order valence-electron chi connectivity index (χ0n) is 11.9. The number of amides is 1. The number of aryl methyl sites for hydroxylation is 1. The first-order chi connectivity index (χ1) is 9.85. The Morgan fingerprint density at radius 3 is 2.29 bits per heavy atom. The highest BCUT2D eigenvalue weighted by atomic mass is 32.2. The molecule has 2 aromatic rings. The molecule has 1 aromatic carbocycles. The number of sulfonamides is 1. The molecule has 0 radical (unpaired) electrons. The third-order valence-corrected chi connectivity index (χ3v) is 4.49. The Balaban J connectivity index is 2.27. The summed E-state index contributed by atoms with van der Waals surface area (Å²) in [5, 5.41) is 9.09. The molecule has 21 heavy (non-hydrogen) atoms. The monoisotopic (exact) mass is 308 g/mol. The summed E-state index contributed by atoms with van der Waals surface area (Å²) in [7, 11) is -2.22. The molecule has 0 bridgehead atoms. The van der Waals surface area contributed by atoms with Gasteiger partial charge in [0.05, 0.1) is 4.90 Å². The molecule has 0 unspecified atom stereocenters. The van der Waals surface area contributed by atoms with Gasteiger partial charge >= 0.3 is 0 Å². The Hall–Kier alpha value is -2.35. The first-order valence-electron chi connectivity index (χ1n) is 6.21. The number of hydrogen-bond donors (Lipinski definition) is 3. The van der Waals surface area contributed by atoms with Crippen molar-refractivity contribution >= 4 is 21.7 Å². The number of benzene rings is 1. The second-order valence-electron chi connectivity index (χ2n) is 4.53. The van der Waals surface area contributed by atoms with Gasteiger partial charge in [-0.15, -0.1) is 0 Å². The highest BCUT2D eigenvalue weighted by Gasteiger charge is 2.18. The average Bonchev–Trinajstić information content (AvgIpc) is 2.78. The van der Waals surface area contributed by atoms with E-state index in [2.05, 4.69) is 20.2 Å². The number of H-pyrrole nitrogens is 1. The molecule has 1 heterocycles. The van der Waals surface area contributed by atoms with Crippen molar-refractivity contribution in [3.05, 3.63) is 41.1 Å². The molecule has 0 aliphatic rings. The molecular formula is C13H16N4O3S. The number of aromatic amines is 1. The van der Waals surface area contributed by atoms with Gasteiger partial charge in [-0.05, 0) is 38.1 Å². The van der Waals surface area contributed by atoms with Gasteiger partial charge in [0.15, 0.2) is 5.82 Å². The van der Waals surface area contributed by atoms with E-state index in [9.17, 15) is 13.2 Å². The van der Waals surface area contributed by atoms with Gasteiger partial charge in [-0.25, -0.2) is 8.42 Å². The molecule has 112 valence electrons. The summed E-state index contributed by atoms with van der Waals surface area (Å²) in [5.41, 5.74) is 1.92. The van der Waals surface area contributed by atoms with Crippen LogP contribution in [0, 0.1) is 13.8 Å². The zero-order chi connectivity index (χ0) is 15.6. The van der Waals surface area contributed by atoms with Crippen LogP contribution in [-0.4, -0.2) is 31.6 Å². The summed E-state index contributed by atoms with van der Waals surface area (Å²) < 4.78 is 26.9. The van der Waals surface area contributed by atoms with Crippen molar-refractivity contribution in [1.82, 2.24) is 15.5 Å². The van der Waals surface area contributed by atoms with Crippen LogP contribution in [0.4, 0.5) is 5.82 Å². The van der Waals surface area contributed by atoms with Gasteiger partial charge in [-0.2, -0.15) is 5.10 Å². The second kappa shape index (κ2) is 5.57. The Morgan fingerprint density at radius 2 is 1.81 bits per heavy atom. The molecule has 0 saturated heterocycles. The fraction of sp³-hybridized carbons (Fsp3) is 0.231. The van der Waals surface area contributed by atoms with Crippen LogP contribution >= 0.6 is 0 Å². The molecule has 0 saturated carbocycles. The molecule has 7 nitrogen and oxygen atoms in total. The predicted octanol–water partition coefficient (Wildman–Crippen LogP) is 1.19. The van der Waals surface area contributed by atoms with Crippen LogP contribution in [0.5, 0.6) is 0 Å². The van der Waals surface area contributed by atoms with Gasteiger partial charge in [0.1, 0.15) is 0 Å². The summed E-state index contributed by atoms with van der Waals surface area (Å²) in [4.78, 5) is 11.5. The molecule has 0 atom stereocenters. The third kappa shape index (κ3) is 3.05. The smallest absolute Gasteiger partial charge is 0.263 e. The van der Waals surface area contributed by atoms with Crippen LogP contribution in [0.25, 0.3) is 0 Å². The maximum absolute atomic E-state index is 12.2. The van der Waals surface area contributed by atoms with Crippen molar-refractivity contribution in [3.8, 4) is 0 Å². The van der Waals surface area contributed by atoms with Crippen LogP contribution in [-0.2, 0) is 10.0 Å². The minimum absolute atomic E-state index is 0.0650. The fourth-order valence-electron chi connectivity index (χ4n) is 1.70. The molecular weight excluding hydrogens is 292 g/mol. The molecule has 8 heteroatoms. The minimum atomic E-state index is -3.74. The predicted molar refractivity (Wildman–Crippen MR) is 78.7 cm³/mol. The Kier molecular flexibility index (Phi) is 3.99. The first kappa shape index (κ1) is 15.0. The van der Waals surface area contributed by atoms with Crippen molar-refractivity contribution in [1.29, 1.82) is 0 Å². The standard InChI is InChI=1S/C13H16N4O3S/c1-8-9(2)15-16-12(8)17-21(19,20)11-6-4-10(5-7-11)13(18)14-3/h4-7H,1-3H3,(H,14,18)(H2,15,16,17). The SMILES string of the molecule is CNC(=O)c1ccc(S(=O)(=O)Nc2n[nH]c(C)c2C)cc1. The maximum atomic E-state index is 12.2. The van der Waals surface area contributed by atoms with Gasteiger partial charge in [0.25, 0.3) is 15.9 Å². The number of carbonyl (C=O) groups is 1. The fourth-order valence-corrected chi connectivity index (χ4v) is 2.77. The molecule has 3 N–H and O–H groups in total. The minimum Gasteiger partial charge on any atom is -0.355 e. The van der Waals surface area contributed by atoms with Crippen LogP contribution in [0.2, 0.25) is 0 Å². The summed E-state index contributed by atoms with van der Waals surface area (Å²) >= 11 is 0. The lowest BCUT2D eigenvalue weighted by molar-refractivity contribution is 0.0963. The third-order valence-electron chi connectivity index (χ3n) is 3.14. The van der Waals surface area contributed by atoms with Gasteiger partial charge in [0.2, 0.25) is 0 Å². The number of nitrogens with zero attached hydrogens (tertiary/aromatic N) is 1. The number of carbonyl (C=O) groups excluding carboxylic acids is 1. The summed E-state index contributed by atoms with van der Waals surface area (Å²) in [6.45, 7) is 3.57. The van der Waals surface area contributed by atoms with Crippen molar-refractivity contribution in [2.24, 2.45) is 0 Å². The lowest BCUT2D eigenvalue weighted by Gasteiger charge is -2.07. The first-order valence-corrected chi connectivity index (χ1v) is 7.70. The van der Waals surface area contributed by atoms with Crippen molar-refractivity contribution in [2.45, 2.75) is 18.7 Å². The van der Waals surface area contributed by atoms with Crippen LogP contribution in [0.1, 0.15) is 21.6 Å². The van der Waals surface area contributed by atoms with Crippen LogP contribution in [0.3, 0.4) is 0 Å². The van der Waals surface area contributed by atoms with E-state index >= 15 is 0 Å². The van der Waals surface area contributed by atoms with E-state index in [4.69, 9.17) is 0 Å². The molecule has 1 aromatic heterocycles. The van der Waals surface area contributed by atoms with E-state index in [1.807, 2.05) is 0 Å². The average molecular weight is 308 g/mol. The molecule has 0 aliphatic heterocycles. The number of nitrogens with one attached hydrogen (secondary N) is 3. The van der Waals surface area contributed by atoms with E-state index in [-0.39, 0.29) is 16.6 Å². The topological polar surface area (TPSA) is 104 Å². The number of aromatic nitrogens is 2. The van der Waals surface area contributed by atoms with E-state index < -0.39 is 10.0 Å². The Bertz CT molecular complexity index is 763. The summed E-state index contributed by atoms with van der Waals surface area (Å²) in [5.74, 6) is -0.00597. The van der Waals surface area contributed by atoms with Gasteiger partial charge < -0.3 is 5.32 Å². The molecule has 1 amide bonds. The largest absolute Gasteiger partial charge is 0.355 e. The van der Waals surface area contributed by atoms with Gasteiger partial charge in [-0.3, -0.25) is 14.6 Å². The van der Waals surface area contributed by atoms with Crippen LogP contribution < -0.4 is 10.0 Å². The normalized spacial score (nSPS) is 11.2. The second-order valence-corrected chi connectivity index (χ2v) is 6.21.